The Morgan fingerprint density at radius 3 is 1.76 bits per heavy atom. The first-order valence-electron chi connectivity index (χ1n) is 19.7. The number of rotatable bonds is 27. The van der Waals surface area contributed by atoms with Gasteiger partial charge in [0.25, 0.3) is 0 Å². The summed E-state index contributed by atoms with van der Waals surface area (Å²) in [4.78, 5) is 25.3. The third-order valence-corrected chi connectivity index (χ3v) is 9.08. The van der Waals surface area contributed by atoms with Crippen LogP contribution in [-0.4, -0.2) is 142 Å². The minimum Gasteiger partial charge on any atom is -0.462 e. The van der Waals surface area contributed by atoms with E-state index in [9.17, 15) is 45.3 Å². The lowest BCUT2D eigenvalue weighted by molar-refractivity contribution is -0.332. The molecule has 0 aromatic carbocycles. The van der Waals surface area contributed by atoms with Crippen molar-refractivity contribution < 1.29 is 73.8 Å². The van der Waals surface area contributed by atoms with Crippen LogP contribution in [0.2, 0.25) is 0 Å². The standard InChI is InChI=1S/C40H66O15/c1-3-5-7-9-11-12-13-14-15-16-17-19-21-23-32(43)53-28(25-50-31(42)22-20-18-10-8-6-4-2)26-51-39-38(49)36(47)34(45)30(55-39)27-52-40-37(48)35(46)33(44)29(24-41)54-40/h5,7,11-12,14-15,17,19,28-30,33-41,44-49H,3-4,6,8-10,13,16,18,20-27H2,1-2H3/b7-5-,12-11-,15-14-,19-17-. The topological polar surface area (TPSA) is 231 Å². The van der Waals surface area contributed by atoms with Gasteiger partial charge in [-0.25, -0.2) is 0 Å². The molecule has 2 fully saturated rings. The molecule has 2 saturated heterocycles. The van der Waals surface area contributed by atoms with Gasteiger partial charge in [-0.15, -0.1) is 0 Å². The van der Waals surface area contributed by atoms with E-state index >= 15 is 0 Å². The first kappa shape index (κ1) is 48.6. The van der Waals surface area contributed by atoms with Gasteiger partial charge in [-0.05, 0) is 38.5 Å². The lowest BCUT2D eigenvalue weighted by Crippen LogP contribution is -2.61. The summed E-state index contributed by atoms with van der Waals surface area (Å²) in [6, 6.07) is 0. The molecule has 55 heavy (non-hydrogen) atoms. The van der Waals surface area contributed by atoms with Crippen molar-refractivity contribution in [3.8, 4) is 0 Å². The van der Waals surface area contributed by atoms with Crippen LogP contribution in [-0.2, 0) is 38.0 Å². The molecule has 15 heteroatoms. The van der Waals surface area contributed by atoms with Gasteiger partial charge < -0.3 is 64.2 Å². The van der Waals surface area contributed by atoms with Gasteiger partial charge in [-0.3, -0.25) is 9.59 Å². The number of carbonyl (C=O) groups is 2. The Bertz CT molecular complexity index is 1160. The largest absolute Gasteiger partial charge is 0.462 e. The smallest absolute Gasteiger partial charge is 0.306 e. The van der Waals surface area contributed by atoms with Crippen LogP contribution in [0.1, 0.15) is 97.3 Å². The zero-order valence-corrected chi connectivity index (χ0v) is 32.4. The second-order valence-corrected chi connectivity index (χ2v) is 13.7. The van der Waals surface area contributed by atoms with E-state index < -0.39 is 99.3 Å². The molecule has 2 aliphatic heterocycles. The fourth-order valence-corrected chi connectivity index (χ4v) is 5.76. The average Bonchev–Trinajstić information content (AvgIpc) is 3.18. The molecule has 15 nitrogen and oxygen atoms in total. The molecule has 0 aromatic heterocycles. The van der Waals surface area contributed by atoms with E-state index in [0.29, 0.717) is 19.3 Å². The molecule has 316 valence electrons. The Labute approximate surface area is 325 Å². The lowest BCUT2D eigenvalue weighted by Gasteiger charge is -2.42. The van der Waals surface area contributed by atoms with Crippen molar-refractivity contribution in [2.45, 2.75) is 165 Å². The monoisotopic (exact) mass is 786 g/mol. The van der Waals surface area contributed by atoms with Crippen LogP contribution in [0.4, 0.5) is 0 Å². The van der Waals surface area contributed by atoms with Crippen molar-refractivity contribution in [2.75, 3.05) is 26.4 Å². The third-order valence-electron chi connectivity index (χ3n) is 9.08. The number of carbonyl (C=O) groups excluding carboxylic acids is 2. The quantitative estimate of drug-likeness (QED) is 0.0360. The van der Waals surface area contributed by atoms with E-state index in [0.717, 1.165) is 51.4 Å². The molecule has 0 bridgehead atoms. The van der Waals surface area contributed by atoms with E-state index in [-0.39, 0.29) is 19.4 Å². The predicted octanol–water partition coefficient (Wildman–Crippen LogP) is 2.42. The third kappa shape index (κ3) is 19.0. The van der Waals surface area contributed by atoms with E-state index in [4.69, 9.17) is 28.4 Å². The van der Waals surface area contributed by atoms with Gasteiger partial charge in [-0.2, -0.15) is 0 Å². The van der Waals surface area contributed by atoms with Crippen LogP contribution in [0.25, 0.3) is 0 Å². The number of aliphatic hydroxyl groups is 7. The molecular weight excluding hydrogens is 720 g/mol. The molecular formula is C40H66O15. The van der Waals surface area contributed by atoms with Crippen LogP contribution in [0.15, 0.2) is 48.6 Å². The zero-order valence-electron chi connectivity index (χ0n) is 32.4. The number of hydrogen-bond acceptors (Lipinski definition) is 15. The van der Waals surface area contributed by atoms with Crippen molar-refractivity contribution in [3.63, 3.8) is 0 Å². The van der Waals surface area contributed by atoms with Crippen molar-refractivity contribution in [1.29, 1.82) is 0 Å². The summed E-state index contributed by atoms with van der Waals surface area (Å²) >= 11 is 0. The summed E-state index contributed by atoms with van der Waals surface area (Å²) in [5.74, 6) is -1.04. The first-order valence-corrected chi connectivity index (χ1v) is 19.7. The Hall–Kier alpha value is -2.54. The van der Waals surface area contributed by atoms with Crippen LogP contribution < -0.4 is 0 Å². The summed E-state index contributed by atoms with van der Waals surface area (Å²) in [5, 5.41) is 71.5. The Morgan fingerprint density at radius 2 is 1.15 bits per heavy atom. The van der Waals surface area contributed by atoms with E-state index in [1.165, 1.54) is 0 Å². The first-order chi connectivity index (χ1) is 26.5. The second-order valence-electron chi connectivity index (χ2n) is 13.7. The van der Waals surface area contributed by atoms with Gasteiger partial charge in [0.15, 0.2) is 18.7 Å². The maximum Gasteiger partial charge on any atom is 0.306 e. The highest BCUT2D eigenvalue weighted by molar-refractivity contribution is 5.70. The summed E-state index contributed by atoms with van der Waals surface area (Å²) in [6.45, 7) is 2.26. The molecule has 0 aliphatic carbocycles. The van der Waals surface area contributed by atoms with Gasteiger partial charge >= 0.3 is 11.9 Å². The summed E-state index contributed by atoms with van der Waals surface area (Å²) in [6.07, 6.45) is 9.46. The Morgan fingerprint density at radius 1 is 0.600 bits per heavy atom. The minimum absolute atomic E-state index is 0.0429. The van der Waals surface area contributed by atoms with Crippen LogP contribution in [0.3, 0.4) is 0 Å². The Balaban J connectivity index is 1.93. The van der Waals surface area contributed by atoms with Crippen molar-refractivity contribution >= 4 is 11.9 Å². The second kappa shape index (κ2) is 28.8. The zero-order chi connectivity index (χ0) is 40.4. The molecule has 7 N–H and O–H groups in total. The number of esters is 2. The van der Waals surface area contributed by atoms with E-state index in [1.54, 1.807) is 0 Å². The highest BCUT2D eigenvalue weighted by Gasteiger charge is 2.47. The Kier molecular flexibility index (Phi) is 25.4. The fourth-order valence-electron chi connectivity index (χ4n) is 5.76. The molecule has 11 unspecified atom stereocenters. The molecule has 0 amide bonds. The number of allylic oxidation sites excluding steroid dienone is 8. The van der Waals surface area contributed by atoms with Gasteiger partial charge in [-0.1, -0.05) is 94.6 Å². The normalized spacial score (nSPS) is 29.5. The van der Waals surface area contributed by atoms with E-state index in [1.807, 2.05) is 18.2 Å². The van der Waals surface area contributed by atoms with Crippen molar-refractivity contribution in [1.82, 2.24) is 0 Å². The number of ether oxygens (including phenoxy) is 6. The van der Waals surface area contributed by atoms with Crippen LogP contribution >= 0.6 is 0 Å². The van der Waals surface area contributed by atoms with Crippen LogP contribution in [0.5, 0.6) is 0 Å². The highest BCUT2D eigenvalue weighted by atomic mass is 16.7. The molecule has 11 atom stereocenters. The number of unbranched alkanes of at least 4 members (excludes halogenated alkanes) is 5. The van der Waals surface area contributed by atoms with Gasteiger partial charge in [0.1, 0.15) is 55.4 Å². The molecule has 0 radical (unpaired) electrons. The fraction of sp³-hybridized carbons (Fsp3) is 0.750. The minimum atomic E-state index is -1.77. The number of aliphatic hydroxyl groups excluding tert-OH is 7. The lowest BCUT2D eigenvalue weighted by atomic mass is 9.98. The van der Waals surface area contributed by atoms with Crippen molar-refractivity contribution in [2.24, 2.45) is 0 Å². The molecule has 2 aliphatic rings. The molecule has 2 heterocycles. The van der Waals surface area contributed by atoms with Gasteiger partial charge in [0.05, 0.1) is 19.8 Å². The molecule has 0 aromatic rings. The maximum atomic E-state index is 12.8. The molecule has 0 spiro atoms. The summed E-state index contributed by atoms with van der Waals surface area (Å²) in [5.41, 5.74) is 0. The van der Waals surface area contributed by atoms with E-state index in [2.05, 4.69) is 44.2 Å². The van der Waals surface area contributed by atoms with Gasteiger partial charge in [0.2, 0.25) is 0 Å². The summed E-state index contributed by atoms with van der Waals surface area (Å²) < 4.78 is 33.1. The number of hydrogen-bond donors (Lipinski definition) is 7. The average molecular weight is 787 g/mol. The molecule has 2 rings (SSSR count). The SMILES string of the molecule is CC/C=C\C/C=C\C/C=C\C/C=C\CCC(=O)OC(COC(=O)CCCCCCCC)COC1OC(COC2OC(CO)C(O)C(O)C2O)C(O)C(O)C1O. The molecule has 0 saturated carbocycles. The maximum absolute atomic E-state index is 12.8. The predicted molar refractivity (Wildman–Crippen MR) is 201 cm³/mol. The highest BCUT2D eigenvalue weighted by Crippen LogP contribution is 2.26. The van der Waals surface area contributed by atoms with Gasteiger partial charge in [0, 0.05) is 12.8 Å². The summed E-state index contributed by atoms with van der Waals surface area (Å²) in [7, 11) is 0. The van der Waals surface area contributed by atoms with Crippen LogP contribution in [0, 0.1) is 0 Å². The van der Waals surface area contributed by atoms with Crippen molar-refractivity contribution in [3.05, 3.63) is 48.6 Å².